The van der Waals surface area contributed by atoms with Crippen molar-refractivity contribution in [1.29, 1.82) is 0 Å². The summed E-state index contributed by atoms with van der Waals surface area (Å²) in [5.41, 5.74) is 0. The maximum Gasteiger partial charge on any atom is 0.0394 e. The lowest BCUT2D eigenvalue weighted by atomic mass is 11.0. The third kappa shape index (κ3) is 1130. The molecule has 0 unspecified atom stereocenters. The van der Waals surface area contributed by atoms with Crippen LogP contribution in [0.15, 0.2) is 0 Å². The molecule has 0 radical (unpaired) electrons. The fourth-order valence-electron chi connectivity index (χ4n) is 0. The Hall–Kier alpha value is -0.0400. The zero-order valence-electron chi connectivity index (χ0n) is 4.15. The molecule has 4 heavy (non-hydrogen) atoms. The largest absolute Gasteiger partial charge is 0.312 e. The molecule has 0 saturated carbocycles. The van der Waals surface area contributed by atoms with Gasteiger partial charge in [-0.15, -0.1) is 0 Å². The summed E-state index contributed by atoms with van der Waals surface area (Å²) in [7, 11) is 4.12. The molecular formula is C3H9N. The van der Waals surface area contributed by atoms with E-state index in [-0.39, 0.29) is 0 Å². The van der Waals surface area contributed by atoms with Gasteiger partial charge in [-0.3, -0.25) is 0 Å². The van der Waals surface area contributed by atoms with Gasteiger partial charge in [0.15, 0.2) is 0 Å². The fraction of sp³-hybridized carbons (Fsp3) is 1.00. The van der Waals surface area contributed by atoms with Crippen LogP contribution in [0.25, 0.3) is 0 Å². The van der Waals surface area contributed by atoms with E-state index in [1.54, 1.807) is 4.90 Å². The molecule has 0 amide bonds. The lowest BCUT2D eigenvalue weighted by Gasteiger charge is -1.90. The van der Waals surface area contributed by atoms with Crippen molar-refractivity contribution in [3.8, 4) is 0 Å². The molecule has 0 atom stereocenters. The summed E-state index contributed by atoms with van der Waals surface area (Å²) >= 11 is 0. The Morgan fingerprint density at radius 1 is 1.75 bits per heavy atom. The van der Waals surface area contributed by atoms with E-state index in [9.17, 15) is 0 Å². The Morgan fingerprint density at radius 3 is 2.00 bits per heavy atom. The average molecular weight is 61.1 g/mol. The average Bonchev–Trinajstić information content (AvgIpc) is 1.38. The molecule has 1 heteroatoms. The summed E-state index contributed by atoms with van der Waals surface area (Å²) in [5, 5.41) is 0. The van der Waals surface area contributed by atoms with Crippen LogP contribution in [0.4, 0.5) is 0 Å². The van der Waals surface area contributed by atoms with Crippen LogP contribution in [0.2, 0.25) is 0 Å². The minimum absolute atomic E-state index is 0.389. The fourth-order valence-corrected chi connectivity index (χ4v) is 0. The van der Waals surface area contributed by atoms with Crippen molar-refractivity contribution in [3.63, 3.8) is 0 Å². The lowest BCUT2D eigenvalue weighted by Crippen LogP contribution is -1.99. The Bertz CT molecular complexity index is 20.9. The van der Waals surface area contributed by atoms with Crippen molar-refractivity contribution >= 4 is 0 Å². The van der Waals surface area contributed by atoms with E-state index < -0.39 is 0 Å². The molecule has 0 rings (SSSR count). The summed E-state index contributed by atoms with van der Waals surface area (Å²) in [5.74, 6) is 0. The van der Waals surface area contributed by atoms with Gasteiger partial charge in [0.1, 0.15) is 0 Å². The summed E-state index contributed by atoms with van der Waals surface area (Å²) in [4.78, 5) is 1.79. The van der Waals surface area contributed by atoms with Crippen molar-refractivity contribution in [2.24, 2.45) is 0 Å². The standard InChI is InChI=1S/C3H9N/c1-4(2)3/h1-3H3/i1T. The number of hydrogen-bond acceptors (Lipinski definition) is 1. The van der Waals surface area contributed by atoms with Gasteiger partial charge in [-0.2, -0.15) is 0 Å². The van der Waals surface area contributed by atoms with Crippen molar-refractivity contribution in [2.45, 2.75) is 0 Å². The molecule has 0 N–H and O–H groups in total. The number of rotatable bonds is 0. The third-order valence-corrected chi connectivity index (χ3v) is 0. The van der Waals surface area contributed by atoms with E-state index in [0.717, 1.165) is 0 Å². The third-order valence-electron chi connectivity index (χ3n) is 0. The van der Waals surface area contributed by atoms with E-state index >= 15 is 0 Å². The van der Waals surface area contributed by atoms with Crippen LogP contribution in [0.3, 0.4) is 0 Å². The second-order valence-corrected chi connectivity index (χ2v) is 1.08. The molecule has 26 valence electrons. The van der Waals surface area contributed by atoms with Gasteiger partial charge in [-0.25, -0.2) is 0 Å². The smallest absolute Gasteiger partial charge is 0.0394 e. The molecule has 0 saturated heterocycles. The molecule has 0 heterocycles. The Morgan fingerprint density at radius 2 is 2.00 bits per heavy atom. The van der Waals surface area contributed by atoms with Crippen LogP contribution in [0.5, 0.6) is 0 Å². The van der Waals surface area contributed by atoms with Crippen molar-refractivity contribution in [2.75, 3.05) is 21.1 Å². The zero-order valence-corrected chi connectivity index (χ0v) is 3.15. The van der Waals surface area contributed by atoms with Crippen LogP contribution in [-0.2, 0) is 0 Å². The maximum absolute atomic E-state index is 6.58. The van der Waals surface area contributed by atoms with Crippen LogP contribution >= 0.6 is 0 Å². The van der Waals surface area contributed by atoms with Gasteiger partial charge in [0.25, 0.3) is 0 Å². The number of nitrogens with zero attached hydrogens (tertiary/aromatic N) is 1. The first-order chi connectivity index (χ1) is 2.27. The van der Waals surface area contributed by atoms with Crippen molar-refractivity contribution < 1.29 is 1.37 Å². The quantitative estimate of drug-likeness (QED) is 0.386. The van der Waals surface area contributed by atoms with E-state index in [2.05, 4.69) is 0 Å². The molecule has 0 aliphatic carbocycles. The summed E-state index contributed by atoms with van der Waals surface area (Å²) in [6.07, 6.45) is 0. The van der Waals surface area contributed by atoms with E-state index in [4.69, 9.17) is 1.37 Å². The van der Waals surface area contributed by atoms with Crippen LogP contribution in [-0.4, -0.2) is 26.0 Å². The Kier molecular flexibility index (Phi) is 0.718. The molecular weight excluding hydrogens is 50.0 g/mol. The van der Waals surface area contributed by atoms with Gasteiger partial charge in [0.2, 0.25) is 0 Å². The monoisotopic (exact) mass is 61.1 g/mol. The molecule has 1 nitrogen and oxygen atoms in total. The van der Waals surface area contributed by atoms with Gasteiger partial charge in [-0.1, -0.05) is 0 Å². The summed E-state index contributed by atoms with van der Waals surface area (Å²) in [6.45, 7) is 0. The molecule has 0 aliphatic rings. The number of hydrogen-bond donors (Lipinski definition) is 0. The van der Waals surface area contributed by atoms with Gasteiger partial charge in [0.05, 0.1) is 0 Å². The highest BCUT2D eigenvalue weighted by atomic mass is 15.0. The molecule has 0 aliphatic heterocycles. The highest BCUT2D eigenvalue weighted by Crippen LogP contribution is 1.47. The second-order valence-electron chi connectivity index (χ2n) is 1.08. The van der Waals surface area contributed by atoms with Crippen molar-refractivity contribution in [1.82, 2.24) is 4.90 Å². The van der Waals surface area contributed by atoms with Gasteiger partial charge < -0.3 is 4.90 Å². The molecule has 0 aromatic rings. The highest BCUT2D eigenvalue weighted by molar-refractivity contribution is 4.09. The normalized spacial score (nSPS) is 12.2. The Balaban J connectivity index is 2.54. The molecule has 0 spiro atoms. The summed E-state index contributed by atoms with van der Waals surface area (Å²) < 4.78 is 6.58. The Labute approximate surface area is 28.6 Å². The predicted molar refractivity (Wildman–Crippen MR) is 19.6 cm³/mol. The lowest BCUT2D eigenvalue weighted by molar-refractivity contribution is 0.505. The van der Waals surface area contributed by atoms with Crippen LogP contribution in [0, 0.1) is 0 Å². The first-order valence-corrected chi connectivity index (χ1v) is 1.21. The molecule has 0 aromatic carbocycles. The first kappa shape index (κ1) is 2.21. The molecule has 0 aromatic heterocycles. The molecule has 0 fully saturated rings. The van der Waals surface area contributed by atoms with Crippen LogP contribution in [0.1, 0.15) is 1.37 Å². The van der Waals surface area contributed by atoms with E-state index in [1.807, 2.05) is 14.1 Å². The van der Waals surface area contributed by atoms with Crippen LogP contribution < -0.4 is 0 Å². The predicted octanol–water partition coefficient (Wildman–Crippen LogP) is 0.178. The van der Waals surface area contributed by atoms with Gasteiger partial charge in [0, 0.05) is 1.37 Å². The van der Waals surface area contributed by atoms with Gasteiger partial charge >= 0.3 is 0 Å². The summed E-state index contributed by atoms with van der Waals surface area (Å²) in [6, 6.07) is 0. The zero-order chi connectivity index (χ0) is 4.28. The SMILES string of the molecule is [3H]CN(C)C. The van der Waals surface area contributed by atoms with E-state index in [0.29, 0.717) is 7.02 Å². The van der Waals surface area contributed by atoms with Gasteiger partial charge in [-0.05, 0) is 21.1 Å². The molecule has 0 bridgehead atoms. The van der Waals surface area contributed by atoms with Crippen molar-refractivity contribution in [3.05, 3.63) is 0 Å². The minimum Gasteiger partial charge on any atom is -0.312 e. The van der Waals surface area contributed by atoms with E-state index in [1.165, 1.54) is 0 Å². The maximum atomic E-state index is 6.58. The topological polar surface area (TPSA) is 3.24 Å². The highest BCUT2D eigenvalue weighted by Gasteiger charge is 1.58. The first-order valence-electron chi connectivity index (χ1n) is 1.92. The minimum atomic E-state index is 0.389. The second kappa shape index (κ2) is 1.30.